The molecule has 0 fully saturated rings. The number of hydrogen-bond donors (Lipinski definition) is 0. The fourth-order valence-corrected chi connectivity index (χ4v) is 0.732. The molecule has 1 rings (SSSR count). The average molecular weight is 134 g/mol. The molecule has 0 bridgehead atoms. The van der Waals surface area contributed by atoms with Gasteiger partial charge in [-0.05, 0) is 17.6 Å². The Morgan fingerprint density at radius 1 is 1.30 bits per heavy atom. The quantitative estimate of drug-likeness (QED) is 0.414. The fraction of sp³-hybridized carbons (Fsp3) is 0.125. The lowest BCUT2D eigenvalue weighted by Crippen LogP contribution is -1.91. The molecule has 0 N–H and O–H groups in total. The van der Waals surface area contributed by atoms with E-state index in [9.17, 15) is 5.21 Å². The van der Waals surface area contributed by atoms with Crippen LogP contribution in [0.5, 0.6) is 0 Å². The van der Waals surface area contributed by atoms with Crippen LogP contribution < -0.4 is 0 Å². The van der Waals surface area contributed by atoms with Crippen LogP contribution in [0.15, 0.2) is 35.5 Å². The molecule has 0 unspecified atom stereocenters. The van der Waals surface area contributed by atoms with Gasteiger partial charge in [-0.1, -0.05) is 30.3 Å². The van der Waals surface area contributed by atoms with Gasteiger partial charge in [-0.15, -0.1) is 5.21 Å². The van der Waals surface area contributed by atoms with Crippen molar-refractivity contribution in [2.45, 2.75) is 6.92 Å². The van der Waals surface area contributed by atoms with Crippen LogP contribution in [-0.2, 0) is 5.21 Å². The van der Waals surface area contributed by atoms with E-state index in [1.807, 2.05) is 30.3 Å². The maximum atomic E-state index is 10.0. The Bertz CT molecular complexity index is 228. The molecule has 10 heavy (non-hydrogen) atoms. The monoisotopic (exact) mass is 134 g/mol. The summed E-state index contributed by atoms with van der Waals surface area (Å²) in [7, 11) is 0. The predicted octanol–water partition coefficient (Wildman–Crippen LogP) is 1.84. The van der Waals surface area contributed by atoms with Crippen molar-refractivity contribution >= 4 is 5.71 Å². The van der Waals surface area contributed by atoms with E-state index in [1.165, 1.54) is 0 Å². The first kappa shape index (κ1) is 6.81. The van der Waals surface area contributed by atoms with Crippen LogP contribution in [0.1, 0.15) is 12.5 Å². The Labute approximate surface area is 59.8 Å². The van der Waals surface area contributed by atoms with Crippen LogP contribution in [0.2, 0.25) is 0 Å². The van der Waals surface area contributed by atoms with Crippen molar-refractivity contribution in [1.29, 1.82) is 0 Å². The Morgan fingerprint density at radius 2 is 1.90 bits per heavy atom. The van der Waals surface area contributed by atoms with E-state index < -0.39 is 0 Å². The maximum Gasteiger partial charge on any atom is 0.0890 e. The first-order valence-corrected chi connectivity index (χ1v) is 3.07. The molecule has 0 aliphatic rings. The lowest BCUT2D eigenvalue weighted by Gasteiger charge is -1.93. The summed E-state index contributed by atoms with van der Waals surface area (Å²) < 4.78 is 0. The minimum Gasteiger partial charge on any atom is -0.145 e. The predicted molar refractivity (Wildman–Crippen MR) is 39.3 cm³/mol. The van der Waals surface area contributed by atoms with Crippen LogP contribution in [0.3, 0.4) is 0 Å². The third-order valence-electron chi connectivity index (χ3n) is 1.33. The van der Waals surface area contributed by atoms with E-state index in [-0.39, 0.29) is 0 Å². The Morgan fingerprint density at radius 3 is 2.40 bits per heavy atom. The van der Waals surface area contributed by atoms with E-state index in [0.717, 1.165) is 5.56 Å². The van der Waals surface area contributed by atoms with Gasteiger partial charge in [0, 0.05) is 0 Å². The van der Waals surface area contributed by atoms with Gasteiger partial charge in [0.1, 0.15) is 0 Å². The van der Waals surface area contributed by atoms with E-state index in [1.54, 1.807) is 6.92 Å². The first-order valence-electron chi connectivity index (χ1n) is 3.07. The molecular weight excluding hydrogens is 126 g/mol. The van der Waals surface area contributed by atoms with Crippen molar-refractivity contribution in [2.75, 3.05) is 0 Å². The van der Waals surface area contributed by atoms with Crippen molar-refractivity contribution < 1.29 is 5.21 Å². The highest BCUT2D eigenvalue weighted by atomic mass is 16.4. The SMILES string of the molecule is CC(=N[O])c1ccccc1. The second-order valence-electron chi connectivity index (χ2n) is 2.04. The molecule has 0 amide bonds. The maximum absolute atomic E-state index is 10.0. The molecule has 0 aromatic heterocycles. The fourth-order valence-electron chi connectivity index (χ4n) is 0.732. The summed E-state index contributed by atoms with van der Waals surface area (Å²) >= 11 is 0. The summed E-state index contributed by atoms with van der Waals surface area (Å²) in [6, 6.07) is 9.38. The number of rotatable bonds is 1. The molecule has 0 aliphatic heterocycles. The van der Waals surface area contributed by atoms with Crippen molar-refractivity contribution in [3.63, 3.8) is 0 Å². The summed E-state index contributed by atoms with van der Waals surface area (Å²) in [6.07, 6.45) is 0. The Kier molecular flexibility index (Phi) is 2.05. The van der Waals surface area contributed by atoms with Gasteiger partial charge in [-0.2, -0.15) is 0 Å². The molecule has 1 aromatic rings. The summed E-state index contributed by atoms with van der Waals surface area (Å²) in [5, 5.41) is 12.8. The highest BCUT2D eigenvalue weighted by Crippen LogP contribution is 1.99. The lowest BCUT2D eigenvalue weighted by molar-refractivity contribution is 0.209. The van der Waals surface area contributed by atoms with Crippen LogP contribution >= 0.6 is 0 Å². The summed E-state index contributed by atoms with van der Waals surface area (Å²) in [5.74, 6) is 0. The van der Waals surface area contributed by atoms with Gasteiger partial charge in [0.2, 0.25) is 0 Å². The van der Waals surface area contributed by atoms with Gasteiger partial charge in [0.05, 0.1) is 5.71 Å². The van der Waals surface area contributed by atoms with Gasteiger partial charge < -0.3 is 0 Å². The number of benzene rings is 1. The molecule has 2 heteroatoms. The molecule has 2 nitrogen and oxygen atoms in total. The molecule has 1 aromatic carbocycles. The molecule has 51 valence electrons. The number of nitrogens with zero attached hydrogens (tertiary/aromatic N) is 1. The number of hydrogen-bond acceptors (Lipinski definition) is 1. The lowest BCUT2D eigenvalue weighted by atomic mass is 10.1. The molecule has 0 aliphatic carbocycles. The zero-order valence-electron chi connectivity index (χ0n) is 5.74. The van der Waals surface area contributed by atoms with Crippen LogP contribution in [-0.4, -0.2) is 5.71 Å². The molecule has 0 heterocycles. The van der Waals surface area contributed by atoms with Crippen molar-refractivity contribution in [3.8, 4) is 0 Å². The minimum atomic E-state index is 0.528. The van der Waals surface area contributed by atoms with Gasteiger partial charge >= 0.3 is 0 Å². The van der Waals surface area contributed by atoms with Gasteiger partial charge in [-0.3, -0.25) is 0 Å². The van der Waals surface area contributed by atoms with E-state index >= 15 is 0 Å². The highest BCUT2D eigenvalue weighted by molar-refractivity contribution is 5.98. The molecule has 0 atom stereocenters. The Balaban J connectivity index is 2.96. The van der Waals surface area contributed by atoms with Crippen LogP contribution in [0, 0.1) is 0 Å². The molecule has 1 radical (unpaired) electrons. The Hall–Kier alpha value is -1.31. The summed E-state index contributed by atoms with van der Waals surface area (Å²) in [6.45, 7) is 1.70. The minimum absolute atomic E-state index is 0.528. The summed E-state index contributed by atoms with van der Waals surface area (Å²) in [5.41, 5.74) is 1.41. The highest BCUT2D eigenvalue weighted by Gasteiger charge is 1.93. The van der Waals surface area contributed by atoms with Crippen molar-refractivity contribution in [1.82, 2.24) is 0 Å². The largest absolute Gasteiger partial charge is 0.145 e. The third kappa shape index (κ3) is 1.35. The zero-order valence-corrected chi connectivity index (χ0v) is 5.74. The topological polar surface area (TPSA) is 32.3 Å². The van der Waals surface area contributed by atoms with Crippen molar-refractivity contribution in [2.24, 2.45) is 5.16 Å². The second-order valence-corrected chi connectivity index (χ2v) is 2.04. The van der Waals surface area contributed by atoms with Crippen LogP contribution in [0.25, 0.3) is 0 Å². The van der Waals surface area contributed by atoms with E-state index in [4.69, 9.17) is 0 Å². The van der Waals surface area contributed by atoms with Gasteiger partial charge in [-0.25, -0.2) is 0 Å². The van der Waals surface area contributed by atoms with Crippen LogP contribution in [0.4, 0.5) is 0 Å². The van der Waals surface area contributed by atoms with E-state index in [0.29, 0.717) is 5.71 Å². The van der Waals surface area contributed by atoms with Crippen molar-refractivity contribution in [3.05, 3.63) is 35.9 Å². The molecule has 0 saturated heterocycles. The van der Waals surface area contributed by atoms with Gasteiger partial charge in [0.25, 0.3) is 0 Å². The average Bonchev–Trinajstić information content (AvgIpc) is 2.05. The second kappa shape index (κ2) is 3.01. The van der Waals surface area contributed by atoms with E-state index in [2.05, 4.69) is 5.16 Å². The normalized spacial score (nSPS) is 11.5. The molecule has 0 saturated carbocycles. The molecular formula is C8H8NO. The smallest absolute Gasteiger partial charge is 0.0890 e. The van der Waals surface area contributed by atoms with Gasteiger partial charge in [0.15, 0.2) is 0 Å². The standard InChI is InChI=1S/C8H8NO/c1-7(9-10)8-5-3-2-4-6-8/h2-6H,1H3. The third-order valence-corrected chi connectivity index (χ3v) is 1.33. The first-order chi connectivity index (χ1) is 4.84. The summed E-state index contributed by atoms with van der Waals surface area (Å²) in [4.78, 5) is 0. The zero-order chi connectivity index (χ0) is 7.40. The molecule has 0 spiro atoms.